The van der Waals surface area contributed by atoms with Gasteiger partial charge >= 0.3 is 0 Å². The molecular formula is C14H19Cl2NO. The van der Waals surface area contributed by atoms with Gasteiger partial charge in [-0.3, -0.25) is 4.79 Å². The van der Waals surface area contributed by atoms with E-state index in [-0.39, 0.29) is 5.91 Å². The summed E-state index contributed by atoms with van der Waals surface area (Å²) in [5, 5.41) is 3.94. The van der Waals surface area contributed by atoms with Crippen LogP contribution in [-0.2, 0) is 11.3 Å². The molecule has 1 rings (SSSR count). The van der Waals surface area contributed by atoms with E-state index in [9.17, 15) is 4.79 Å². The number of carbonyl (C=O) groups is 1. The minimum Gasteiger partial charge on any atom is -0.352 e. The largest absolute Gasteiger partial charge is 0.352 e. The Balaban J connectivity index is 2.27. The van der Waals surface area contributed by atoms with E-state index in [1.165, 1.54) is 12.8 Å². The highest BCUT2D eigenvalue weighted by atomic mass is 35.5. The van der Waals surface area contributed by atoms with Gasteiger partial charge in [-0.15, -0.1) is 0 Å². The number of rotatable bonds is 7. The quantitative estimate of drug-likeness (QED) is 0.731. The van der Waals surface area contributed by atoms with E-state index in [2.05, 4.69) is 12.2 Å². The molecule has 1 aromatic carbocycles. The van der Waals surface area contributed by atoms with Crippen LogP contribution in [0.15, 0.2) is 18.2 Å². The summed E-state index contributed by atoms with van der Waals surface area (Å²) in [6.45, 7) is 2.66. The van der Waals surface area contributed by atoms with Gasteiger partial charge < -0.3 is 5.32 Å². The van der Waals surface area contributed by atoms with Crippen LogP contribution in [0.1, 0.15) is 44.6 Å². The van der Waals surface area contributed by atoms with Crippen LogP contribution in [0.25, 0.3) is 0 Å². The zero-order valence-corrected chi connectivity index (χ0v) is 12.2. The van der Waals surface area contributed by atoms with Gasteiger partial charge in [-0.05, 0) is 24.1 Å². The number of unbranched alkanes of at least 4 members (excludes halogenated alkanes) is 3. The molecule has 0 radical (unpaired) electrons. The maximum absolute atomic E-state index is 11.6. The summed E-state index contributed by atoms with van der Waals surface area (Å²) in [4.78, 5) is 11.6. The zero-order chi connectivity index (χ0) is 13.4. The minimum absolute atomic E-state index is 0.0946. The molecule has 1 N–H and O–H groups in total. The van der Waals surface area contributed by atoms with E-state index in [0.29, 0.717) is 23.0 Å². The van der Waals surface area contributed by atoms with Crippen molar-refractivity contribution in [3.8, 4) is 0 Å². The van der Waals surface area contributed by atoms with Crippen LogP contribution in [0.5, 0.6) is 0 Å². The first-order chi connectivity index (χ1) is 8.63. The summed E-state index contributed by atoms with van der Waals surface area (Å²) in [6, 6.07) is 5.39. The summed E-state index contributed by atoms with van der Waals surface area (Å²) >= 11 is 11.7. The Hall–Kier alpha value is -0.730. The average molecular weight is 288 g/mol. The molecule has 0 spiro atoms. The van der Waals surface area contributed by atoms with Crippen molar-refractivity contribution in [2.75, 3.05) is 0 Å². The Bertz CT molecular complexity index is 393. The van der Waals surface area contributed by atoms with Crippen LogP contribution in [0.3, 0.4) is 0 Å². The van der Waals surface area contributed by atoms with Crippen molar-refractivity contribution in [3.05, 3.63) is 33.8 Å². The summed E-state index contributed by atoms with van der Waals surface area (Å²) in [6.07, 6.45) is 5.06. The topological polar surface area (TPSA) is 29.1 Å². The Labute approximate surface area is 119 Å². The van der Waals surface area contributed by atoms with Crippen molar-refractivity contribution < 1.29 is 4.79 Å². The molecule has 0 bridgehead atoms. The molecule has 4 heteroatoms. The SMILES string of the molecule is CCCCCCC(=O)NCc1ccc(Cl)c(Cl)c1. The van der Waals surface area contributed by atoms with Gasteiger partial charge in [-0.1, -0.05) is 55.5 Å². The van der Waals surface area contributed by atoms with E-state index in [0.717, 1.165) is 18.4 Å². The lowest BCUT2D eigenvalue weighted by Gasteiger charge is -2.06. The number of amides is 1. The number of halogens is 2. The van der Waals surface area contributed by atoms with Crippen LogP contribution in [0.4, 0.5) is 0 Å². The van der Waals surface area contributed by atoms with Crippen molar-refractivity contribution in [2.24, 2.45) is 0 Å². The molecular weight excluding hydrogens is 269 g/mol. The summed E-state index contributed by atoms with van der Waals surface area (Å²) in [5.41, 5.74) is 0.964. The average Bonchev–Trinajstić information content (AvgIpc) is 2.36. The summed E-state index contributed by atoms with van der Waals surface area (Å²) in [7, 11) is 0. The van der Waals surface area contributed by atoms with E-state index < -0.39 is 0 Å². The van der Waals surface area contributed by atoms with E-state index in [4.69, 9.17) is 23.2 Å². The molecule has 0 unspecified atom stereocenters. The monoisotopic (exact) mass is 287 g/mol. The third-order valence-corrected chi connectivity index (χ3v) is 3.47. The second kappa shape index (κ2) is 8.39. The predicted octanol–water partition coefficient (Wildman–Crippen LogP) is 4.58. The lowest BCUT2D eigenvalue weighted by molar-refractivity contribution is -0.121. The predicted molar refractivity (Wildman–Crippen MR) is 77.1 cm³/mol. The van der Waals surface area contributed by atoms with Crippen LogP contribution >= 0.6 is 23.2 Å². The van der Waals surface area contributed by atoms with Gasteiger partial charge in [-0.2, -0.15) is 0 Å². The second-order valence-corrected chi connectivity index (χ2v) is 5.15. The third-order valence-electron chi connectivity index (χ3n) is 2.73. The molecule has 0 aromatic heterocycles. The van der Waals surface area contributed by atoms with Crippen molar-refractivity contribution >= 4 is 29.1 Å². The first kappa shape index (κ1) is 15.3. The Kier molecular flexibility index (Phi) is 7.14. The van der Waals surface area contributed by atoms with Crippen LogP contribution < -0.4 is 5.32 Å². The highest BCUT2D eigenvalue weighted by Gasteiger charge is 2.03. The molecule has 0 heterocycles. The van der Waals surface area contributed by atoms with Gasteiger partial charge in [0.2, 0.25) is 5.91 Å². The number of hydrogen-bond donors (Lipinski definition) is 1. The van der Waals surface area contributed by atoms with Crippen molar-refractivity contribution in [1.82, 2.24) is 5.32 Å². The normalized spacial score (nSPS) is 10.4. The van der Waals surface area contributed by atoms with Crippen molar-refractivity contribution in [3.63, 3.8) is 0 Å². The highest BCUT2D eigenvalue weighted by molar-refractivity contribution is 6.42. The Morgan fingerprint density at radius 1 is 1.17 bits per heavy atom. The number of hydrogen-bond acceptors (Lipinski definition) is 1. The van der Waals surface area contributed by atoms with Crippen LogP contribution in [0, 0.1) is 0 Å². The third kappa shape index (κ3) is 5.74. The van der Waals surface area contributed by atoms with Gasteiger partial charge in [0, 0.05) is 13.0 Å². The molecule has 2 nitrogen and oxygen atoms in total. The molecule has 0 fully saturated rings. The first-order valence-corrected chi connectivity index (χ1v) is 7.09. The Morgan fingerprint density at radius 2 is 1.94 bits per heavy atom. The van der Waals surface area contributed by atoms with E-state index >= 15 is 0 Å². The fraction of sp³-hybridized carbons (Fsp3) is 0.500. The molecule has 0 aliphatic carbocycles. The van der Waals surface area contributed by atoms with Gasteiger partial charge in [0.15, 0.2) is 0 Å². The van der Waals surface area contributed by atoms with Gasteiger partial charge in [0.1, 0.15) is 0 Å². The van der Waals surface area contributed by atoms with Gasteiger partial charge in [-0.25, -0.2) is 0 Å². The number of benzene rings is 1. The first-order valence-electron chi connectivity index (χ1n) is 6.34. The maximum Gasteiger partial charge on any atom is 0.220 e. The van der Waals surface area contributed by atoms with Gasteiger partial charge in [0.25, 0.3) is 0 Å². The minimum atomic E-state index is 0.0946. The van der Waals surface area contributed by atoms with Crippen molar-refractivity contribution in [1.29, 1.82) is 0 Å². The standard InChI is InChI=1S/C14H19Cl2NO/c1-2-3-4-5-6-14(18)17-10-11-7-8-12(15)13(16)9-11/h7-9H,2-6,10H2,1H3,(H,17,18). The molecule has 0 saturated carbocycles. The molecule has 18 heavy (non-hydrogen) atoms. The molecule has 100 valence electrons. The molecule has 0 aliphatic heterocycles. The highest BCUT2D eigenvalue weighted by Crippen LogP contribution is 2.22. The molecule has 0 atom stereocenters. The lowest BCUT2D eigenvalue weighted by Crippen LogP contribution is -2.22. The smallest absolute Gasteiger partial charge is 0.220 e. The van der Waals surface area contributed by atoms with E-state index in [1.807, 2.05) is 6.07 Å². The lowest BCUT2D eigenvalue weighted by atomic mass is 10.1. The number of carbonyl (C=O) groups excluding carboxylic acids is 1. The molecule has 0 saturated heterocycles. The number of nitrogens with one attached hydrogen (secondary N) is 1. The van der Waals surface area contributed by atoms with E-state index in [1.54, 1.807) is 12.1 Å². The molecule has 1 amide bonds. The molecule has 1 aromatic rings. The summed E-state index contributed by atoms with van der Waals surface area (Å²) < 4.78 is 0. The maximum atomic E-state index is 11.6. The summed E-state index contributed by atoms with van der Waals surface area (Å²) in [5.74, 6) is 0.0946. The van der Waals surface area contributed by atoms with Crippen LogP contribution in [-0.4, -0.2) is 5.91 Å². The fourth-order valence-electron chi connectivity index (χ4n) is 1.65. The second-order valence-electron chi connectivity index (χ2n) is 4.34. The molecule has 0 aliphatic rings. The van der Waals surface area contributed by atoms with Crippen molar-refractivity contribution in [2.45, 2.75) is 45.6 Å². The Morgan fingerprint density at radius 3 is 2.61 bits per heavy atom. The zero-order valence-electron chi connectivity index (χ0n) is 10.6. The van der Waals surface area contributed by atoms with Gasteiger partial charge in [0.05, 0.1) is 10.0 Å². The fourth-order valence-corrected chi connectivity index (χ4v) is 1.97. The van der Waals surface area contributed by atoms with Crippen LogP contribution in [0.2, 0.25) is 10.0 Å².